The lowest BCUT2D eigenvalue weighted by molar-refractivity contribution is 0.242. The van der Waals surface area contributed by atoms with Crippen LogP contribution in [0.5, 0.6) is 5.75 Å². The molecular formula is C21H24F2O2. The van der Waals surface area contributed by atoms with Crippen LogP contribution in [-0.4, -0.2) is 6.61 Å². The molecule has 0 unspecified atom stereocenters. The topological polar surface area (TPSA) is 22.4 Å². The predicted molar refractivity (Wildman–Crippen MR) is 97.2 cm³/mol. The fourth-order valence-electron chi connectivity index (χ4n) is 3.41. The standard InChI is InChI=1S/C19H18F2O2.C2H6/c1-11-6-7-13-14-8-9-15(22-10-12-4-2-3-5-12)17(21)19(14)23-18(13)16(11)20;1-2/h6-9,12H,2-5,10H2,1H3;1-2H3. The third kappa shape index (κ3) is 3.22. The molecule has 0 aliphatic heterocycles. The van der Waals surface area contributed by atoms with E-state index >= 15 is 0 Å². The maximum absolute atomic E-state index is 14.7. The van der Waals surface area contributed by atoms with Gasteiger partial charge in [0.25, 0.3) is 0 Å². The molecule has 3 aromatic rings. The summed E-state index contributed by atoms with van der Waals surface area (Å²) in [6.07, 6.45) is 4.72. The van der Waals surface area contributed by atoms with E-state index in [1.807, 2.05) is 13.8 Å². The van der Waals surface area contributed by atoms with Crippen molar-refractivity contribution >= 4 is 21.9 Å². The van der Waals surface area contributed by atoms with Crippen molar-refractivity contribution in [3.05, 3.63) is 41.5 Å². The van der Waals surface area contributed by atoms with Crippen LogP contribution >= 0.6 is 0 Å². The van der Waals surface area contributed by atoms with Gasteiger partial charge in [-0.2, -0.15) is 4.39 Å². The van der Waals surface area contributed by atoms with Crippen molar-refractivity contribution in [2.24, 2.45) is 5.92 Å². The lowest BCUT2D eigenvalue weighted by Crippen LogP contribution is -2.08. The first kappa shape index (κ1) is 17.7. The van der Waals surface area contributed by atoms with Gasteiger partial charge >= 0.3 is 0 Å². The normalized spacial score (nSPS) is 14.8. The largest absolute Gasteiger partial charge is 0.490 e. The summed E-state index contributed by atoms with van der Waals surface area (Å²) in [5.74, 6) is -0.304. The molecule has 0 saturated heterocycles. The number of benzene rings is 2. The summed E-state index contributed by atoms with van der Waals surface area (Å²) in [6.45, 7) is 6.19. The molecule has 2 aromatic carbocycles. The Morgan fingerprint density at radius 2 is 1.56 bits per heavy atom. The molecule has 0 bridgehead atoms. The average Bonchev–Trinajstić information content (AvgIpc) is 3.28. The van der Waals surface area contributed by atoms with Gasteiger partial charge in [-0.25, -0.2) is 4.39 Å². The van der Waals surface area contributed by atoms with E-state index in [2.05, 4.69) is 0 Å². The van der Waals surface area contributed by atoms with E-state index in [1.54, 1.807) is 31.2 Å². The third-order valence-electron chi connectivity index (χ3n) is 4.80. The smallest absolute Gasteiger partial charge is 0.208 e. The molecule has 0 N–H and O–H groups in total. The van der Waals surface area contributed by atoms with Crippen molar-refractivity contribution in [1.29, 1.82) is 0 Å². The van der Waals surface area contributed by atoms with Gasteiger partial charge in [0.05, 0.1) is 6.61 Å². The Labute approximate surface area is 146 Å². The zero-order chi connectivity index (χ0) is 18.0. The molecule has 0 spiro atoms. The van der Waals surface area contributed by atoms with Gasteiger partial charge in [0.15, 0.2) is 22.7 Å². The van der Waals surface area contributed by atoms with Crippen molar-refractivity contribution in [2.45, 2.75) is 46.5 Å². The third-order valence-corrected chi connectivity index (χ3v) is 4.80. The molecule has 4 rings (SSSR count). The molecule has 0 radical (unpaired) electrons. The van der Waals surface area contributed by atoms with E-state index in [0.29, 0.717) is 28.9 Å². The van der Waals surface area contributed by atoms with Gasteiger partial charge in [-0.3, -0.25) is 0 Å². The monoisotopic (exact) mass is 346 g/mol. The zero-order valence-electron chi connectivity index (χ0n) is 15.0. The van der Waals surface area contributed by atoms with Gasteiger partial charge in [-0.05, 0) is 43.4 Å². The molecule has 1 fully saturated rings. The molecule has 1 saturated carbocycles. The van der Waals surface area contributed by atoms with Crippen LogP contribution in [0.3, 0.4) is 0 Å². The second-order valence-electron chi connectivity index (χ2n) is 6.39. The molecule has 2 nitrogen and oxygen atoms in total. The molecule has 1 heterocycles. The number of furan rings is 1. The Balaban J connectivity index is 0.000000880. The Kier molecular flexibility index (Phi) is 5.26. The van der Waals surface area contributed by atoms with Crippen LogP contribution < -0.4 is 4.74 Å². The minimum atomic E-state index is -0.547. The fourth-order valence-corrected chi connectivity index (χ4v) is 3.41. The van der Waals surface area contributed by atoms with E-state index in [9.17, 15) is 8.78 Å². The molecule has 0 atom stereocenters. The van der Waals surface area contributed by atoms with Crippen LogP contribution in [0, 0.1) is 24.5 Å². The number of rotatable bonds is 3. The highest BCUT2D eigenvalue weighted by Gasteiger charge is 2.20. The number of hydrogen-bond donors (Lipinski definition) is 0. The predicted octanol–water partition coefficient (Wildman–Crippen LogP) is 6.77. The number of ether oxygens (including phenoxy) is 1. The van der Waals surface area contributed by atoms with Gasteiger partial charge in [0, 0.05) is 10.8 Å². The SMILES string of the molecule is CC.Cc1ccc2c(oc3c(F)c(OCC4CCCC4)ccc32)c1F. The van der Waals surface area contributed by atoms with Gasteiger partial charge < -0.3 is 9.15 Å². The molecule has 1 aliphatic rings. The van der Waals surface area contributed by atoms with Crippen LogP contribution in [0.1, 0.15) is 45.1 Å². The molecule has 1 aromatic heterocycles. The molecule has 134 valence electrons. The lowest BCUT2D eigenvalue weighted by atomic mass is 10.1. The number of aryl methyl sites for hydroxylation is 1. The summed E-state index contributed by atoms with van der Waals surface area (Å²) in [6, 6.07) is 6.79. The maximum atomic E-state index is 14.7. The van der Waals surface area contributed by atoms with Crippen molar-refractivity contribution in [2.75, 3.05) is 6.61 Å². The summed E-state index contributed by atoms with van der Waals surface area (Å²) in [4.78, 5) is 0. The quantitative estimate of drug-likeness (QED) is 0.522. The molecular weight excluding hydrogens is 322 g/mol. The minimum absolute atomic E-state index is 0.0634. The molecule has 25 heavy (non-hydrogen) atoms. The Bertz CT molecular complexity index is 877. The van der Waals surface area contributed by atoms with E-state index in [4.69, 9.17) is 9.15 Å². The Hall–Kier alpha value is -2.10. The zero-order valence-corrected chi connectivity index (χ0v) is 15.0. The number of halogens is 2. The Morgan fingerprint density at radius 3 is 2.24 bits per heavy atom. The molecule has 4 heteroatoms. The van der Waals surface area contributed by atoms with E-state index in [-0.39, 0.29) is 16.9 Å². The highest BCUT2D eigenvalue weighted by molar-refractivity contribution is 6.05. The van der Waals surface area contributed by atoms with Crippen LogP contribution in [-0.2, 0) is 0 Å². The first-order valence-electron chi connectivity index (χ1n) is 9.08. The number of fused-ring (bicyclic) bond motifs is 3. The second-order valence-corrected chi connectivity index (χ2v) is 6.39. The summed E-state index contributed by atoms with van der Waals surface area (Å²) >= 11 is 0. The minimum Gasteiger partial charge on any atom is -0.490 e. The Morgan fingerprint density at radius 1 is 0.960 bits per heavy atom. The highest BCUT2D eigenvalue weighted by atomic mass is 19.1. The molecule has 0 amide bonds. The summed E-state index contributed by atoms with van der Waals surface area (Å²) in [5.41, 5.74) is 0.648. The highest BCUT2D eigenvalue weighted by Crippen LogP contribution is 2.36. The van der Waals surface area contributed by atoms with E-state index in [0.717, 1.165) is 12.8 Å². The van der Waals surface area contributed by atoms with Crippen LogP contribution in [0.15, 0.2) is 28.7 Å². The van der Waals surface area contributed by atoms with Crippen molar-refractivity contribution in [3.63, 3.8) is 0 Å². The van der Waals surface area contributed by atoms with Gasteiger partial charge in [-0.15, -0.1) is 0 Å². The molecule has 1 aliphatic carbocycles. The van der Waals surface area contributed by atoms with Crippen LogP contribution in [0.25, 0.3) is 21.9 Å². The average molecular weight is 346 g/mol. The van der Waals surface area contributed by atoms with Gasteiger partial charge in [-0.1, -0.05) is 38.8 Å². The van der Waals surface area contributed by atoms with Crippen molar-refractivity contribution in [1.82, 2.24) is 0 Å². The lowest BCUT2D eigenvalue weighted by Gasteiger charge is -2.11. The second kappa shape index (κ2) is 7.42. The van der Waals surface area contributed by atoms with Crippen LogP contribution in [0.2, 0.25) is 0 Å². The van der Waals surface area contributed by atoms with Gasteiger partial charge in [0.2, 0.25) is 5.82 Å². The summed E-state index contributed by atoms with van der Waals surface area (Å²) in [5, 5.41) is 1.16. The van der Waals surface area contributed by atoms with Crippen LogP contribution in [0.4, 0.5) is 8.78 Å². The van der Waals surface area contributed by atoms with Crippen molar-refractivity contribution < 1.29 is 17.9 Å². The van der Waals surface area contributed by atoms with E-state index in [1.165, 1.54) is 12.8 Å². The van der Waals surface area contributed by atoms with E-state index < -0.39 is 11.6 Å². The first-order valence-corrected chi connectivity index (χ1v) is 9.08. The first-order chi connectivity index (χ1) is 12.1. The summed E-state index contributed by atoms with van der Waals surface area (Å²) < 4.78 is 40.0. The summed E-state index contributed by atoms with van der Waals surface area (Å²) in [7, 11) is 0. The van der Waals surface area contributed by atoms with Gasteiger partial charge in [0.1, 0.15) is 0 Å². The maximum Gasteiger partial charge on any atom is 0.208 e. The van der Waals surface area contributed by atoms with Crippen molar-refractivity contribution in [3.8, 4) is 5.75 Å². The number of hydrogen-bond acceptors (Lipinski definition) is 2. The fraction of sp³-hybridized carbons (Fsp3) is 0.429.